The third-order valence-electron chi connectivity index (χ3n) is 4.85. The van der Waals surface area contributed by atoms with Gasteiger partial charge in [-0.2, -0.15) is 5.10 Å². The normalized spacial score (nSPS) is 14.2. The van der Waals surface area contributed by atoms with E-state index in [1.165, 1.54) is 18.5 Å². The van der Waals surface area contributed by atoms with Crippen LogP contribution in [0.4, 0.5) is 5.69 Å². The Hall–Kier alpha value is -2.82. The maximum Gasteiger partial charge on any atom is 0.275 e. The van der Waals surface area contributed by atoms with Crippen molar-refractivity contribution in [3.63, 3.8) is 0 Å². The minimum Gasteiger partial charge on any atom is -0.372 e. The van der Waals surface area contributed by atoms with Crippen LogP contribution in [-0.2, 0) is 6.54 Å². The number of amides is 1. The number of fused-ring (bicyclic) bond motifs is 1. The number of benzene rings is 2. The van der Waals surface area contributed by atoms with Crippen LogP contribution in [0.1, 0.15) is 28.9 Å². The van der Waals surface area contributed by atoms with E-state index in [2.05, 4.69) is 39.4 Å². The fraction of sp³-hybridized carbons (Fsp3) is 0.300. The molecule has 1 fully saturated rings. The van der Waals surface area contributed by atoms with Gasteiger partial charge in [0, 0.05) is 37.8 Å². The molecule has 5 nitrogen and oxygen atoms in total. The summed E-state index contributed by atoms with van der Waals surface area (Å²) in [5.41, 5.74) is 3.76. The number of aromatic amines is 1. The number of aromatic nitrogens is 2. The van der Waals surface area contributed by atoms with E-state index in [0.29, 0.717) is 12.2 Å². The van der Waals surface area contributed by atoms with E-state index in [1.807, 2.05) is 31.3 Å². The molecule has 25 heavy (non-hydrogen) atoms. The van der Waals surface area contributed by atoms with Gasteiger partial charge in [0.25, 0.3) is 5.91 Å². The number of para-hydroxylation sites is 1. The lowest BCUT2D eigenvalue weighted by Gasteiger charge is -2.19. The van der Waals surface area contributed by atoms with Gasteiger partial charge in [0.1, 0.15) is 0 Å². The number of anilines is 1. The molecule has 128 valence electrons. The van der Waals surface area contributed by atoms with E-state index in [9.17, 15) is 4.79 Å². The zero-order valence-corrected chi connectivity index (χ0v) is 14.4. The molecule has 0 radical (unpaired) electrons. The van der Waals surface area contributed by atoms with E-state index in [4.69, 9.17) is 0 Å². The van der Waals surface area contributed by atoms with Crippen molar-refractivity contribution in [2.45, 2.75) is 19.4 Å². The number of nitrogens with zero attached hydrogens (tertiary/aromatic N) is 3. The molecule has 0 bridgehead atoms. The summed E-state index contributed by atoms with van der Waals surface area (Å²) in [5, 5.41) is 7.99. The number of carbonyl (C=O) groups excluding carboxylic acids is 1. The third kappa shape index (κ3) is 3.09. The highest BCUT2D eigenvalue weighted by atomic mass is 16.2. The average Bonchev–Trinajstić information content (AvgIpc) is 3.31. The van der Waals surface area contributed by atoms with E-state index >= 15 is 0 Å². The monoisotopic (exact) mass is 334 g/mol. The van der Waals surface area contributed by atoms with Gasteiger partial charge < -0.3 is 9.80 Å². The highest BCUT2D eigenvalue weighted by molar-refractivity contribution is 6.04. The van der Waals surface area contributed by atoms with Crippen molar-refractivity contribution in [2.24, 2.45) is 0 Å². The van der Waals surface area contributed by atoms with Crippen molar-refractivity contribution >= 4 is 22.5 Å². The Kier molecular flexibility index (Phi) is 4.14. The van der Waals surface area contributed by atoms with E-state index in [0.717, 1.165) is 29.6 Å². The third-order valence-corrected chi connectivity index (χ3v) is 4.85. The Morgan fingerprint density at radius 1 is 1.12 bits per heavy atom. The molecule has 0 saturated carbocycles. The molecule has 1 aliphatic heterocycles. The summed E-state index contributed by atoms with van der Waals surface area (Å²) in [7, 11) is 1.82. The molecule has 3 aromatic rings. The van der Waals surface area contributed by atoms with Crippen LogP contribution in [0.2, 0.25) is 0 Å². The Morgan fingerprint density at radius 3 is 2.60 bits per heavy atom. The summed E-state index contributed by atoms with van der Waals surface area (Å²) in [6.45, 7) is 2.86. The minimum absolute atomic E-state index is 0.0685. The molecule has 4 rings (SSSR count). The van der Waals surface area contributed by atoms with Crippen molar-refractivity contribution < 1.29 is 4.79 Å². The van der Waals surface area contributed by atoms with Crippen LogP contribution < -0.4 is 4.90 Å². The van der Waals surface area contributed by atoms with Gasteiger partial charge in [0.15, 0.2) is 5.69 Å². The molecular formula is C20H22N4O. The average molecular weight is 334 g/mol. The van der Waals surface area contributed by atoms with Gasteiger partial charge in [-0.05, 0) is 36.6 Å². The van der Waals surface area contributed by atoms with E-state index in [1.54, 1.807) is 4.90 Å². The predicted octanol–water partition coefficient (Wildman–Crippen LogP) is 3.44. The molecule has 0 aliphatic carbocycles. The molecule has 2 aromatic carbocycles. The fourth-order valence-corrected chi connectivity index (χ4v) is 3.44. The van der Waals surface area contributed by atoms with Crippen LogP contribution >= 0.6 is 0 Å². The van der Waals surface area contributed by atoms with Crippen molar-refractivity contribution in [1.29, 1.82) is 0 Å². The number of hydrogen-bond donors (Lipinski definition) is 1. The largest absolute Gasteiger partial charge is 0.372 e. The molecule has 1 amide bonds. The number of hydrogen-bond acceptors (Lipinski definition) is 3. The molecule has 5 heteroatoms. The van der Waals surface area contributed by atoms with Crippen LogP contribution in [0, 0.1) is 0 Å². The number of nitrogens with one attached hydrogen (secondary N) is 1. The van der Waals surface area contributed by atoms with E-state index < -0.39 is 0 Å². The second-order valence-corrected chi connectivity index (χ2v) is 6.64. The van der Waals surface area contributed by atoms with Crippen LogP contribution in [0.5, 0.6) is 0 Å². The lowest BCUT2D eigenvalue weighted by Crippen LogP contribution is -2.26. The topological polar surface area (TPSA) is 52.2 Å². The Balaban J connectivity index is 1.47. The molecule has 0 atom stereocenters. The zero-order chi connectivity index (χ0) is 17.2. The van der Waals surface area contributed by atoms with Crippen LogP contribution in [0.15, 0.2) is 48.5 Å². The van der Waals surface area contributed by atoms with Crippen molar-refractivity contribution in [1.82, 2.24) is 15.1 Å². The maximum atomic E-state index is 12.7. The summed E-state index contributed by atoms with van der Waals surface area (Å²) in [6, 6.07) is 16.2. The Labute approximate surface area is 147 Å². The predicted molar refractivity (Wildman–Crippen MR) is 99.8 cm³/mol. The second kappa shape index (κ2) is 6.59. The first-order valence-electron chi connectivity index (χ1n) is 8.75. The first kappa shape index (κ1) is 15.7. The van der Waals surface area contributed by atoms with Crippen LogP contribution in [-0.4, -0.2) is 41.1 Å². The van der Waals surface area contributed by atoms with Gasteiger partial charge in [0.05, 0.1) is 5.52 Å². The molecule has 1 aromatic heterocycles. The van der Waals surface area contributed by atoms with Crippen LogP contribution in [0.25, 0.3) is 10.9 Å². The highest BCUT2D eigenvalue weighted by Gasteiger charge is 2.18. The van der Waals surface area contributed by atoms with Gasteiger partial charge in [-0.1, -0.05) is 30.3 Å². The number of rotatable bonds is 4. The maximum absolute atomic E-state index is 12.7. The van der Waals surface area contributed by atoms with Crippen molar-refractivity contribution in [3.05, 3.63) is 59.8 Å². The Morgan fingerprint density at radius 2 is 1.84 bits per heavy atom. The molecule has 2 heterocycles. The molecule has 1 saturated heterocycles. The van der Waals surface area contributed by atoms with Gasteiger partial charge >= 0.3 is 0 Å². The lowest BCUT2D eigenvalue weighted by molar-refractivity contribution is 0.0781. The quantitative estimate of drug-likeness (QED) is 0.795. The van der Waals surface area contributed by atoms with Gasteiger partial charge in [-0.25, -0.2) is 0 Å². The van der Waals surface area contributed by atoms with Gasteiger partial charge in [0.2, 0.25) is 0 Å². The van der Waals surface area contributed by atoms with Gasteiger partial charge in [-0.3, -0.25) is 9.89 Å². The molecule has 0 spiro atoms. The summed E-state index contributed by atoms with van der Waals surface area (Å²) in [5.74, 6) is -0.0685. The summed E-state index contributed by atoms with van der Waals surface area (Å²) >= 11 is 0. The summed E-state index contributed by atoms with van der Waals surface area (Å²) < 4.78 is 0. The molecule has 0 unspecified atom stereocenters. The molecule has 1 N–H and O–H groups in total. The summed E-state index contributed by atoms with van der Waals surface area (Å²) in [6.07, 6.45) is 2.55. The second-order valence-electron chi connectivity index (χ2n) is 6.64. The number of H-pyrrole nitrogens is 1. The summed E-state index contributed by atoms with van der Waals surface area (Å²) in [4.78, 5) is 16.9. The Bertz CT molecular complexity index is 878. The van der Waals surface area contributed by atoms with Gasteiger partial charge in [-0.15, -0.1) is 0 Å². The highest BCUT2D eigenvalue weighted by Crippen LogP contribution is 2.21. The van der Waals surface area contributed by atoms with Crippen molar-refractivity contribution in [3.8, 4) is 0 Å². The smallest absolute Gasteiger partial charge is 0.275 e. The van der Waals surface area contributed by atoms with Crippen LogP contribution in [0.3, 0.4) is 0 Å². The fourth-order valence-electron chi connectivity index (χ4n) is 3.44. The zero-order valence-electron chi connectivity index (χ0n) is 14.4. The van der Waals surface area contributed by atoms with E-state index in [-0.39, 0.29) is 5.91 Å². The first-order valence-corrected chi connectivity index (χ1v) is 8.75. The standard InChI is InChI=1S/C20H22N4O/c1-23(20(25)19-17-6-2-3-7-18(17)21-22-19)14-15-8-10-16(11-9-15)24-12-4-5-13-24/h2-3,6-11H,4-5,12-14H2,1H3,(H,21,22). The van der Waals surface area contributed by atoms with Crippen molar-refractivity contribution in [2.75, 3.05) is 25.0 Å². The molecule has 1 aliphatic rings. The minimum atomic E-state index is -0.0685. The SMILES string of the molecule is CN(Cc1ccc(N2CCCC2)cc1)C(=O)c1n[nH]c2ccccc12. The molecular weight excluding hydrogens is 312 g/mol. The first-order chi connectivity index (χ1) is 12.2. The lowest BCUT2D eigenvalue weighted by atomic mass is 10.1. The number of carbonyl (C=O) groups is 1.